The molecule has 0 radical (unpaired) electrons. The number of nitrogens with two attached hydrogens (primary N) is 2. The van der Waals surface area contributed by atoms with Crippen LogP contribution in [0.1, 0.15) is 12.0 Å². The molecular formula is C14H21N3O2. The molecule has 0 unspecified atom stereocenters. The lowest BCUT2D eigenvalue weighted by molar-refractivity contribution is -0.131. The number of likely N-dealkylation sites (tertiary alicyclic amines) is 1. The minimum Gasteiger partial charge on any atom is -0.497 e. The molecule has 1 aliphatic heterocycles. The summed E-state index contributed by atoms with van der Waals surface area (Å²) in [5.41, 5.74) is 12.8. The molecule has 0 aromatic heterocycles. The highest BCUT2D eigenvalue weighted by Crippen LogP contribution is 2.14. The minimum absolute atomic E-state index is 0.0106. The van der Waals surface area contributed by atoms with Gasteiger partial charge in [-0.05, 0) is 24.1 Å². The Balaban J connectivity index is 1.96. The second kappa shape index (κ2) is 6.04. The van der Waals surface area contributed by atoms with Gasteiger partial charge in [0.2, 0.25) is 5.91 Å². The van der Waals surface area contributed by atoms with E-state index in [1.807, 2.05) is 24.3 Å². The van der Waals surface area contributed by atoms with Gasteiger partial charge in [-0.15, -0.1) is 0 Å². The van der Waals surface area contributed by atoms with Crippen LogP contribution in [0.15, 0.2) is 24.3 Å². The lowest BCUT2D eigenvalue weighted by Gasteiger charge is -2.34. The highest BCUT2D eigenvalue weighted by molar-refractivity contribution is 5.79. The number of hydrogen-bond acceptors (Lipinski definition) is 4. The first-order valence-electron chi connectivity index (χ1n) is 6.50. The van der Waals surface area contributed by atoms with Gasteiger partial charge in [0.1, 0.15) is 5.75 Å². The molecule has 0 spiro atoms. The van der Waals surface area contributed by atoms with Gasteiger partial charge in [-0.25, -0.2) is 0 Å². The smallest absolute Gasteiger partial charge is 0.227 e. The summed E-state index contributed by atoms with van der Waals surface area (Å²) in [5.74, 6) is 0.869. The number of ether oxygens (including phenoxy) is 1. The molecule has 1 aliphatic rings. The number of piperidine rings is 1. The summed E-state index contributed by atoms with van der Waals surface area (Å²) in [6.45, 7) is 1.20. The molecule has 2 atom stereocenters. The molecular weight excluding hydrogens is 242 g/mol. The van der Waals surface area contributed by atoms with E-state index in [0.717, 1.165) is 17.7 Å². The predicted molar refractivity (Wildman–Crippen MR) is 73.8 cm³/mol. The fourth-order valence-electron chi connectivity index (χ4n) is 2.41. The molecule has 1 heterocycles. The van der Waals surface area contributed by atoms with Crippen LogP contribution in [-0.4, -0.2) is 43.1 Å². The molecule has 0 aliphatic carbocycles. The Morgan fingerprint density at radius 3 is 2.37 bits per heavy atom. The zero-order valence-electron chi connectivity index (χ0n) is 11.2. The zero-order chi connectivity index (χ0) is 13.8. The zero-order valence-corrected chi connectivity index (χ0v) is 11.2. The van der Waals surface area contributed by atoms with Crippen molar-refractivity contribution in [3.8, 4) is 5.75 Å². The lowest BCUT2D eigenvalue weighted by Crippen LogP contribution is -2.54. The maximum atomic E-state index is 12.2. The van der Waals surface area contributed by atoms with E-state index in [1.165, 1.54) is 0 Å². The van der Waals surface area contributed by atoms with Crippen molar-refractivity contribution in [3.05, 3.63) is 29.8 Å². The summed E-state index contributed by atoms with van der Waals surface area (Å²) in [4.78, 5) is 14.0. The third-order valence-corrected chi connectivity index (χ3v) is 3.38. The van der Waals surface area contributed by atoms with E-state index >= 15 is 0 Å². The standard InChI is InChI=1S/C14H21N3O2/c1-19-13-4-2-10(3-5-13)6-14(18)17-8-11(15)7-12(16)9-17/h2-5,11-12H,6-9,15-16H2,1H3/t11-,12+. The fourth-order valence-corrected chi connectivity index (χ4v) is 2.41. The van der Waals surface area contributed by atoms with E-state index in [9.17, 15) is 4.79 Å². The van der Waals surface area contributed by atoms with Crippen molar-refractivity contribution in [2.75, 3.05) is 20.2 Å². The summed E-state index contributed by atoms with van der Waals surface area (Å²) in [7, 11) is 1.62. The fraction of sp³-hybridized carbons (Fsp3) is 0.500. The number of nitrogens with zero attached hydrogens (tertiary/aromatic N) is 1. The van der Waals surface area contributed by atoms with Gasteiger partial charge in [0.15, 0.2) is 0 Å². The van der Waals surface area contributed by atoms with Crippen molar-refractivity contribution < 1.29 is 9.53 Å². The van der Waals surface area contributed by atoms with E-state index < -0.39 is 0 Å². The van der Waals surface area contributed by atoms with Crippen LogP contribution in [0.25, 0.3) is 0 Å². The Hall–Kier alpha value is -1.59. The van der Waals surface area contributed by atoms with Crippen LogP contribution < -0.4 is 16.2 Å². The largest absolute Gasteiger partial charge is 0.497 e. The van der Waals surface area contributed by atoms with Crippen LogP contribution in [0, 0.1) is 0 Å². The summed E-state index contributed by atoms with van der Waals surface area (Å²) in [5, 5.41) is 0. The van der Waals surface area contributed by atoms with Crippen LogP contribution >= 0.6 is 0 Å². The van der Waals surface area contributed by atoms with Gasteiger partial charge < -0.3 is 21.1 Å². The third kappa shape index (κ3) is 3.68. The third-order valence-electron chi connectivity index (χ3n) is 3.38. The van der Waals surface area contributed by atoms with Crippen molar-refractivity contribution in [1.82, 2.24) is 4.90 Å². The van der Waals surface area contributed by atoms with Gasteiger partial charge in [-0.3, -0.25) is 4.79 Å². The number of amides is 1. The first-order chi connectivity index (χ1) is 9.08. The van der Waals surface area contributed by atoms with Crippen molar-refractivity contribution in [3.63, 3.8) is 0 Å². The van der Waals surface area contributed by atoms with Gasteiger partial charge >= 0.3 is 0 Å². The van der Waals surface area contributed by atoms with E-state index in [1.54, 1.807) is 12.0 Å². The molecule has 1 aromatic rings. The number of rotatable bonds is 3. The van der Waals surface area contributed by atoms with E-state index in [4.69, 9.17) is 16.2 Å². The number of hydrogen-bond donors (Lipinski definition) is 2. The molecule has 5 heteroatoms. The monoisotopic (exact) mass is 263 g/mol. The number of carbonyl (C=O) groups is 1. The van der Waals surface area contributed by atoms with Crippen molar-refractivity contribution in [2.24, 2.45) is 11.5 Å². The van der Waals surface area contributed by atoms with E-state index in [2.05, 4.69) is 0 Å². The average molecular weight is 263 g/mol. The Morgan fingerprint density at radius 2 is 1.84 bits per heavy atom. The Bertz CT molecular complexity index is 423. The van der Waals surface area contributed by atoms with Crippen molar-refractivity contribution in [1.29, 1.82) is 0 Å². The van der Waals surface area contributed by atoms with Crippen LogP contribution in [-0.2, 0) is 11.2 Å². The lowest BCUT2D eigenvalue weighted by atomic mass is 10.0. The molecule has 4 N–H and O–H groups in total. The summed E-state index contributed by atoms with van der Waals surface area (Å²) in [6.07, 6.45) is 1.16. The van der Waals surface area contributed by atoms with Crippen LogP contribution in [0.4, 0.5) is 0 Å². The van der Waals surface area contributed by atoms with E-state index in [0.29, 0.717) is 19.5 Å². The normalized spacial score (nSPS) is 23.2. The summed E-state index contributed by atoms with van der Waals surface area (Å²) >= 11 is 0. The predicted octanol–water partition coefficient (Wildman–Crippen LogP) is 0.125. The topological polar surface area (TPSA) is 81.6 Å². The minimum atomic E-state index is -0.0106. The molecule has 19 heavy (non-hydrogen) atoms. The Kier molecular flexibility index (Phi) is 4.39. The maximum absolute atomic E-state index is 12.2. The Morgan fingerprint density at radius 1 is 1.26 bits per heavy atom. The molecule has 1 saturated heterocycles. The van der Waals surface area contributed by atoms with Crippen LogP contribution in [0.5, 0.6) is 5.75 Å². The number of benzene rings is 1. The molecule has 0 saturated carbocycles. The molecule has 1 aromatic carbocycles. The first-order valence-corrected chi connectivity index (χ1v) is 6.50. The van der Waals surface area contributed by atoms with Gasteiger partial charge in [-0.2, -0.15) is 0 Å². The highest BCUT2D eigenvalue weighted by atomic mass is 16.5. The molecule has 1 fully saturated rings. The number of methoxy groups -OCH3 is 1. The Labute approximate surface area is 113 Å². The summed E-state index contributed by atoms with van der Waals surface area (Å²) < 4.78 is 5.09. The molecule has 104 valence electrons. The SMILES string of the molecule is COc1ccc(CC(=O)N2C[C@H](N)C[C@H](N)C2)cc1. The van der Waals surface area contributed by atoms with Crippen molar-refractivity contribution >= 4 is 5.91 Å². The van der Waals surface area contributed by atoms with Crippen molar-refractivity contribution in [2.45, 2.75) is 24.9 Å². The molecule has 2 rings (SSSR count). The summed E-state index contributed by atoms with van der Waals surface area (Å²) in [6, 6.07) is 7.50. The van der Waals surface area contributed by atoms with Gasteiger partial charge in [-0.1, -0.05) is 12.1 Å². The second-order valence-corrected chi connectivity index (χ2v) is 5.08. The highest BCUT2D eigenvalue weighted by Gasteiger charge is 2.25. The van der Waals surface area contributed by atoms with Gasteiger partial charge in [0.25, 0.3) is 0 Å². The molecule has 5 nitrogen and oxygen atoms in total. The van der Waals surface area contributed by atoms with E-state index in [-0.39, 0.29) is 18.0 Å². The van der Waals surface area contributed by atoms with Crippen LogP contribution in [0.3, 0.4) is 0 Å². The second-order valence-electron chi connectivity index (χ2n) is 5.08. The molecule has 1 amide bonds. The first kappa shape index (κ1) is 13.8. The van der Waals surface area contributed by atoms with Crippen LogP contribution in [0.2, 0.25) is 0 Å². The molecule has 0 bridgehead atoms. The average Bonchev–Trinajstić information content (AvgIpc) is 2.38. The van der Waals surface area contributed by atoms with Gasteiger partial charge in [0.05, 0.1) is 13.5 Å². The number of carbonyl (C=O) groups excluding carboxylic acids is 1. The quantitative estimate of drug-likeness (QED) is 0.812. The maximum Gasteiger partial charge on any atom is 0.227 e. The van der Waals surface area contributed by atoms with Gasteiger partial charge in [0, 0.05) is 25.2 Å².